The molecule has 0 amide bonds. The quantitative estimate of drug-likeness (QED) is 0.555. The van der Waals surface area contributed by atoms with Gasteiger partial charge in [-0.1, -0.05) is 0 Å². The molecule has 14 heavy (non-hydrogen) atoms. The molecule has 0 heterocycles. The Labute approximate surface area is 85.4 Å². The van der Waals surface area contributed by atoms with E-state index < -0.39 is 0 Å². The number of fused-ring (bicyclic) bond motifs is 1. The molecule has 2 heteroatoms. The molecule has 2 fully saturated rings. The summed E-state index contributed by atoms with van der Waals surface area (Å²) in [4.78, 5) is 22.2. The fourth-order valence-electron chi connectivity index (χ4n) is 2.49. The van der Waals surface area contributed by atoms with E-state index in [1.807, 2.05) is 0 Å². The van der Waals surface area contributed by atoms with Crippen LogP contribution < -0.4 is 0 Å². The molecule has 2 aliphatic rings. The summed E-state index contributed by atoms with van der Waals surface area (Å²) in [6.45, 7) is 6.00. The summed E-state index contributed by atoms with van der Waals surface area (Å²) in [7, 11) is 0. The fourth-order valence-corrected chi connectivity index (χ4v) is 2.49. The van der Waals surface area contributed by atoms with E-state index in [9.17, 15) is 9.59 Å². The predicted octanol–water partition coefficient (Wildman–Crippen LogP) is 2.53. The zero-order valence-electron chi connectivity index (χ0n) is 8.63. The Morgan fingerprint density at radius 2 is 1.21 bits per heavy atom. The fraction of sp³-hybridized carbons (Fsp3) is 0.667. The maximum atomic E-state index is 11.1. The molecule has 0 aromatic heterocycles. The summed E-state index contributed by atoms with van der Waals surface area (Å²) in [6, 6.07) is 0. The van der Waals surface area contributed by atoms with Crippen LogP contribution in [0.25, 0.3) is 0 Å². The van der Waals surface area contributed by atoms with E-state index >= 15 is 0 Å². The Morgan fingerprint density at radius 3 is 1.57 bits per heavy atom. The van der Waals surface area contributed by atoms with Gasteiger partial charge in [0.1, 0.15) is 11.6 Å². The number of hydrogen-bond acceptors (Lipinski definition) is 2. The maximum absolute atomic E-state index is 11.1. The smallest absolute Gasteiger partial charge is 0.133 e. The molecule has 2 nitrogen and oxygen atoms in total. The molecule has 2 saturated carbocycles. The lowest BCUT2D eigenvalue weighted by Gasteiger charge is -2.33. The van der Waals surface area contributed by atoms with Crippen molar-refractivity contribution in [3.8, 4) is 0 Å². The Morgan fingerprint density at radius 1 is 0.857 bits per heavy atom. The second-order valence-corrected chi connectivity index (χ2v) is 4.08. The van der Waals surface area contributed by atoms with Gasteiger partial charge in [-0.3, -0.25) is 9.59 Å². The molecular formula is C12H18O2. The zero-order chi connectivity index (χ0) is 10.6. The van der Waals surface area contributed by atoms with Crippen LogP contribution in [0.2, 0.25) is 0 Å². The van der Waals surface area contributed by atoms with Gasteiger partial charge >= 0.3 is 0 Å². The normalized spacial score (nSPS) is 31.4. The molecule has 2 rings (SSSR count). The average molecular weight is 194 g/mol. The number of rotatable bonds is 0. The van der Waals surface area contributed by atoms with Gasteiger partial charge < -0.3 is 0 Å². The lowest BCUT2D eigenvalue weighted by molar-refractivity contribution is -0.129. The predicted molar refractivity (Wildman–Crippen MR) is 56.0 cm³/mol. The highest BCUT2D eigenvalue weighted by Crippen LogP contribution is 2.37. The topological polar surface area (TPSA) is 34.1 Å². The third-order valence-electron chi connectivity index (χ3n) is 3.23. The van der Waals surface area contributed by atoms with Gasteiger partial charge in [-0.25, -0.2) is 0 Å². The van der Waals surface area contributed by atoms with Crippen LogP contribution in [-0.4, -0.2) is 11.6 Å². The van der Waals surface area contributed by atoms with Crippen molar-refractivity contribution in [2.24, 2.45) is 11.8 Å². The van der Waals surface area contributed by atoms with E-state index in [0.717, 1.165) is 25.7 Å². The Hall–Kier alpha value is -0.920. The SMILES string of the molecule is C=C.O=C1CCC2CC(=O)CCC2C1. The maximum Gasteiger partial charge on any atom is 0.133 e. The molecule has 0 spiro atoms. The van der Waals surface area contributed by atoms with Crippen molar-refractivity contribution in [2.75, 3.05) is 0 Å². The zero-order valence-corrected chi connectivity index (χ0v) is 8.63. The van der Waals surface area contributed by atoms with Crippen molar-refractivity contribution < 1.29 is 9.59 Å². The van der Waals surface area contributed by atoms with Crippen molar-refractivity contribution in [2.45, 2.75) is 38.5 Å². The van der Waals surface area contributed by atoms with Crippen molar-refractivity contribution in [1.29, 1.82) is 0 Å². The van der Waals surface area contributed by atoms with Crippen LogP contribution in [0, 0.1) is 11.8 Å². The van der Waals surface area contributed by atoms with E-state index in [1.54, 1.807) is 0 Å². The average Bonchev–Trinajstić information content (AvgIpc) is 2.21. The molecule has 0 aliphatic heterocycles. The van der Waals surface area contributed by atoms with E-state index in [1.165, 1.54) is 0 Å². The summed E-state index contributed by atoms with van der Waals surface area (Å²) >= 11 is 0. The highest BCUT2D eigenvalue weighted by atomic mass is 16.1. The third kappa shape index (κ3) is 2.53. The monoisotopic (exact) mass is 194 g/mol. The minimum Gasteiger partial charge on any atom is -0.300 e. The molecular weight excluding hydrogens is 176 g/mol. The molecule has 2 unspecified atom stereocenters. The van der Waals surface area contributed by atoms with Gasteiger partial charge in [0.2, 0.25) is 0 Å². The number of carbonyl (C=O) groups is 2. The minimum absolute atomic E-state index is 0.408. The first kappa shape index (κ1) is 11.2. The molecule has 0 aromatic carbocycles. The van der Waals surface area contributed by atoms with Gasteiger partial charge in [-0.2, -0.15) is 0 Å². The number of Topliss-reactive ketones (excluding diaryl/α,β-unsaturated/α-hetero) is 2. The summed E-state index contributed by atoms with van der Waals surface area (Å²) < 4.78 is 0. The van der Waals surface area contributed by atoms with Crippen LogP contribution in [0.4, 0.5) is 0 Å². The van der Waals surface area contributed by atoms with E-state index in [2.05, 4.69) is 13.2 Å². The van der Waals surface area contributed by atoms with Crippen LogP contribution in [0.3, 0.4) is 0 Å². The summed E-state index contributed by atoms with van der Waals surface area (Å²) in [5.41, 5.74) is 0. The highest BCUT2D eigenvalue weighted by Gasteiger charge is 2.33. The van der Waals surface area contributed by atoms with Gasteiger partial charge in [0, 0.05) is 25.7 Å². The highest BCUT2D eigenvalue weighted by molar-refractivity contribution is 5.82. The molecule has 2 aliphatic carbocycles. The lowest BCUT2D eigenvalue weighted by atomic mass is 9.70. The molecule has 0 N–H and O–H groups in total. The summed E-state index contributed by atoms with van der Waals surface area (Å²) in [5.74, 6) is 1.91. The minimum atomic E-state index is 0.408. The van der Waals surface area contributed by atoms with Crippen LogP contribution in [0.1, 0.15) is 38.5 Å². The van der Waals surface area contributed by atoms with Crippen LogP contribution in [-0.2, 0) is 9.59 Å². The number of ketones is 2. The second kappa shape index (κ2) is 5.08. The molecule has 0 bridgehead atoms. The Kier molecular flexibility index (Phi) is 4.05. The summed E-state index contributed by atoms with van der Waals surface area (Å²) in [5, 5.41) is 0. The first-order chi connectivity index (χ1) is 6.75. The van der Waals surface area contributed by atoms with Gasteiger partial charge in [-0.05, 0) is 24.7 Å². The Balaban J connectivity index is 0.000000461. The molecule has 78 valence electrons. The third-order valence-corrected chi connectivity index (χ3v) is 3.23. The molecule has 2 atom stereocenters. The van der Waals surface area contributed by atoms with Gasteiger partial charge in [0.25, 0.3) is 0 Å². The number of hydrogen-bond donors (Lipinski definition) is 0. The van der Waals surface area contributed by atoms with Gasteiger partial charge in [0.05, 0.1) is 0 Å². The van der Waals surface area contributed by atoms with Crippen molar-refractivity contribution >= 4 is 11.6 Å². The van der Waals surface area contributed by atoms with Gasteiger partial charge in [-0.15, -0.1) is 13.2 Å². The standard InChI is InChI=1S/C10H14O2.C2H4/c11-9-3-1-7-5-10(12)4-2-8(7)6-9;1-2/h7-8H,1-6H2;1-2H2. The van der Waals surface area contributed by atoms with Crippen molar-refractivity contribution in [3.63, 3.8) is 0 Å². The first-order valence-electron chi connectivity index (χ1n) is 5.29. The van der Waals surface area contributed by atoms with E-state index in [0.29, 0.717) is 36.2 Å². The van der Waals surface area contributed by atoms with Gasteiger partial charge in [0.15, 0.2) is 0 Å². The van der Waals surface area contributed by atoms with Crippen LogP contribution >= 0.6 is 0 Å². The van der Waals surface area contributed by atoms with Crippen LogP contribution in [0.15, 0.2) is 13.2 Å². The van der Waals surface area contributed by atoms with E-state index in [-0.39, 0.29) is 0 Å². The molecule has 0 aromatic rings. The van der Waals surface area contributed by atoms with E-state index in [4.69, 9.17) is 0 Å². The second-order valence-electron chi connectivity index (χ2n) is 4.08. The first-order valence-corrected chi connectivity index (χ1v) is 5.29. The largest absolute Gasteiger partial charge is 0.300 e. The van der Waals surface area contributed by atoms with Crippen LogP contribution in [0.5, 0.6) is 0 Å². The Bertz CT molecular complexity index is 208. The molecule has 0 radical (unpaired) electrons. The summed E-state index contributed by atoms with van der Waals surface area (Å²) in [6.07, 6.45) is 4.86. The van der Waals surface area contributed by atoms with Crippen molar-refractivity contribution in [1.82, 2.24) is 0 Å². The number of carbonyl (C=O) groups excluding carboxylic acids is 2. The van der Waals surface area contributed by atoms with Crippen molar-refractivity contribution in [3.05, 3.63) is 13.2 Å². The molecule has 0 saturated heterocycles. The lowest BCUT2D eigenvalue weighted by Crippen LogP contribution is -2.31.